The maximum atomic E-state index is 9.69. The van der Waals surface area contributed by atoms with E-state index in [2.05, 4.69) is 32.6 Å². The first-order chi connectivity index (χ1) is 9.32. The highest BCUT2D eigenvalue weighted by Crippen LogP contribution is 2.38. The number of aromatic hydroxyl groups is 1. The Morgan fingerprint density at radius 1 is 1.35 bits per heavy atom. The number of ether oxygens (including phenoxy) is 1. The average molecular weight is 277 g/mol. The molecule has 2 rings (SSSR count). The molecule has 3 nitrogen and oxygen atoms in total. The first-order valence-corrected chi connectivity index (χ1v) is 7.44. The van der Waals surface area contributed by atoms with Crippen molar-refractivity contribution in [1.82, 2.24) is 4.90 Å². The summed E-state index contributed by atoms with van der Waals surface area (Å²) in [6.45, 7) is 11.5. The van der Waals surface area contributed by atoms with Crippen molar-refractivity contribution in [2.24, 2.45) is 11.3 Å². The van der Waals surface area contributed by atoms with Crippen molar-refractivity contribution < 1.29 is 9.84 Å². The summed E-state index contributed by atoms with van der Waals surface area (Å²) in [5.74, 6) is 1.52. The minimum Gasteiger partial charge on any atom is -0.504 e. The number of hydrogen-bond donors (Lipinski definition) is 1. The van der Waals surface area contributed by atoms with Gasteiger partial charge in [0.2, 0.25) is 0 Å². The highest BCUT2D eigenvalue weighted by molar-refractivity contribution is 5.42. The lowest BCUT2D eigenvalue weighted by Crippen LogP contribution is -2.28. The SMILES string of the molecule is COc1cc(C(C)N2CCC(C(C)(C)C)C2)ccc1O. The summed E-state index contributed by atoms with van der Waals surface area (Å²) in [6, 6.07) is 6.02. The standard InChI is InChI=1S/C17H27NO2/c1-12(13-6-7-15(19)16(10-13)20-5)18-9-8-14(11-18)17(2,3)4/h6-7,10,12,14,19H,8-9,11H2,1-5H3. The van der Waals surface area contributed by atoms with E-state index in [0.717, 1.165) is 19.0 Å². The first-order valence-electron chi connectivity index (χ1n) is 7.44. The topological polar surface area (TPSA) is 32.7 Å². The fourth-order valence-electron chi connectivity index (χ4n) is 3.01. The quantitative estimate of drug-likeness (QED) is 0.911. The maximum Gasteiger partial charge on any atom is 0.160 e. The number of nitrogens with zero attached hydrogens (tertiary/aromatic N) is 1. The molecule has 1 aliphatic rings. The van der Waals surface area contributed by atoms with Gasteiger partial charge in [-0.15, -0.1) is 0 Å². The van der Waals surface area contributed by atoms with Gasteiger partial charge in [0.1, 0.15) is 0 Å². The summed E-state index contributed by atoms with van der Waals surface area (Å²) < 4.78 is 5.21. The predicted molar refractivity (Wildman–Crippen MR) is 82.2 cm³/mol. The van der Waals surface area contributed by atoms with Gasteiger partial charge in [-0.3, -0.25) is 4.90 Å². The molecule has 1 aromatic carbocycles. The van der Waals surface area contributed by atoms with Gasteiger partial charge in [-0.2, -0.15) is 0 Å². The molecular weight excluding hydrogens is 250 g/mol. The molecular formula is C17H27NO2. The summed E-state index contributed by atoms with van der Waals surface area (Å²) in [7, 11) is 1.59. The van der Waals surface area contributed by atoms with Gasteiger partial charge < -0.3 is 9.84 Å². The molecule has 20 heavy (non-hydrogen) atoms. The lowest BCUT2D eigenvalue weighted by molar-refractivity contribution is 0.202. The monoisotopic (exact) mass is 277 g/mol. The molecule has 0 radical (unpaired) electrons. The van der Waals surface area contributed by atoms with E-state index in [9.17, 15) is 5.11 Å². The fourth-order valence-corrected chi connectivity index (χ4v) is 3.01. The third-order valence-electron chi connectivity index (χ3n) is 4.68. The molecule has 0 spiro atoms. The zero-order valence-corrected chi connectivity index (χ0v) is 13.3. The molecule has 0 aliphatic carbocycles. The maximum absolute atomic E-state index is 9.69. The van der Waals surface area contributed by atoms with Crippen molar-refractivity contribution in [2.75, 3.05) is 20.2 Å². The highest BCUT2D eigenvalue weighted by atomic mass is 16.5. The van der Waals surface area contributed by atoms with E-state index in [4.69, 9.17) is 4.74 Å². The van der Waals surface area contributed by atoms with Gasteiger partial charge in [0.25, 0.3) is 0 Å². The normalized spacial score (nSPS) is 21.9. The van der Waals surface area contributed by atoms with Crippen LogP contribution in [0, 0.1) is 11.3 Å². The molecule has 1 aliphatic heterocycles. The lowest BCUT2D eigenvalue weighted by atomic mass is 9.80. The van der Waals surface area contributed by atoms with Crippen molar-refractivity contribution >= 4 is 0 Å². The van der Waals surface area contributed by atoms with Crippen LogP contribution in [-0.4, -0.2) is 30.2 Å². The van der Waals surface area contributed by atoms with Gasteiger partial charge in [-0.1, -0.05) is 26.8 Å². The number of phenols is 1. The van der Waals surface area contributed by atoms with Gasteiger partial charge >= 0.3 is 0 Å². The molecule has 1 saturated heterocycles. The van der Waals surface area contributed by atoms with E-state index in [1.807, 2.05) is 12.1 Å². The minimum atomic E-state index is 0.206. The van der Waals surface area contributed by atoms with E-state index in [0.29, 0.717) is 17.2 Å². The van der Waals surface area contributed by atoms with E-state index < -0.39 is 0 Å². The lowest BCUT2D eigenvalue weighted by Gasteiger charge is -2.29. The molecule has 0 aromatic heterocycles. The van der Waals surface area contributed by atoms with Crippen LogP contribution in [0.3, 0.4) is 0 Å². The molecule has 1 heterocycles. The van der Waals surface area contributed by atoms with E-state index in [-0.39, 0.29) is 5.75 Å². The molecule has 2 unspecified atom stereocenters. The number of phenolic OH excluding ortho intramolecular Hbond substituents is 1. The summed E-state index contributed by atoms with van der Waals surface area (Å²) in [4.78, 5) is 2.53. The number of likely N-dealkylation sites (tertiary alicyclic amines) is 1. The number of benzene rings is 1. The van der Waals surface area contributed by atoms with Crippen molar-refractivity contribution in [3.05, 3.63) is 23.8 Å². The Hall–Kier alpha value is -1.22. The Bertz CT molecular complexity index is 465. The van der Waals surface area contributed by atoms with E-state index in [1.54, 1.807) is 13.2 Å². The van der Waals surface area contributed by atoms with Crippen molar-refractivity contribution in [1.29, 1.82) is 0 Å². The third kappa shape index (κ3) is 3.09. The third-order valence-corrected chi connectivity index (χ3v) is 4.68. The van der Waals surface area contributed by atoms with Crippen molar-refractivity contribution in [3.63, 3.8) is 0 Å². The van der Waals surface area contributed by atoms with Gasteiger partial charge in [-0.05, 0) is 48.9 Å². The second-order valence-corrected chi connectivity index (χ2v) is 6.95. The van der Waals surface area contributed by atoms with Gasteiger partial charge in [-0.25, -0.2) is 0 Å². The molecule has 1 N–H and O–H groups in total. The summed E-state index contributed by atoms with van der Waals surface area (Å²) >= 11 is 0. The van der Waals surface area contributed by atoms with E-state index >= 15 is 0 Å². The molecule has 112 valence electrons. The number of rotatable bonds is 3. The van der Waals surface area contributed by atoms with Crippen molar-refractivity contribution in [3.8, 4) is 11.5 Å². The molecule has 3 heteroatoms. The zero-order valence-electron chi connectivity index (χ0n) is 13.3. The molecule has 0 bridgehead atoms. The first kappa shape index (κ1) is 15.2. The summed E-state index contributed by atoms with van der Waals surface area (Å²) in [6.07, 6.45) is 1.27. The van der Waals surface area contributed by atoms with Crippen LogP contribution in [0.5, 0.6) is 11.5 Å². The number of methoxy groups -OCH3 is 1. The van der Waals surface area contributed by atoms with Crippen LogP contribution in [0.2, 0.25) is 0 Å². The Morgan fingerprint density at radius 3 is 2.60 bits per heavy atom. The van der Waals surface area contributed by atoms with Gasteiger partial charge in [0, 0.05) is 12.6 Å². The summed E-state index contributed by atoms with van der Waals surface area (Å²) in [5, 5.41) is 9.69. The van der Waals surface area contributed by atoms with Crippen LogP contribution in [-0.2, 0) is 0 Å². The Balaban J connectivity index is 2.11. The molecule has 2 atom stereocenters. The zero-order chi connectivity index (χ0) is 14.9. The van der Waals surface area contributed by atoms with Crippen LogP contribution in [0.1, 0.15) is 45.7 Å². The van der Waals surface area contributed by atoms with Crippen LogP contribution >= 0.6 is 0 Å². The van der Waals surface area contributed by atoms with Gasteiger partial charge in [0.15, 0.2) is 11.5 Å². The van der Waals surface area contributed by atoms with Crippen LogP contribution in [0.25, 0.3) is 0 Å². The predicted octanol–water partition coefficient (Wildman–Crippen LogP) is 3.83. The average Bonchev–Trinajstić information content (AvgIpc) is 2.88. The summed E-state index contributed by atoms with van der Waals surface area (Å²) in [5.41, 5.74) is 1.58. The fraction of sp³-hybridized carbons (Fsp3) is 0.647. The highest BCUT2D eigenvalue weighted by Gasteiger charge is 2.33. The Morgan fingerprint density at radius 2 is 2.05 bits per heavy atom. The molecule has 1 aromatic rings. The molecule has 1 fully saturated rings. The molecule has 0 saturated carbocycles. The Labute approximate surface area is 122 Å². The van der Waals surface area contributed by atoms with E-state index in [1.165, 1.54) is 12.0 Å². The number of hydrogen-bond acceptors (Lipinski definition) is 3. The van der Waals surface area contributed by atoms with Crippen molar-refractivity contribution in [2.45, 2.75) is 40.2 Å². The smallest absolute Gasteiger partial charge is 0.160 e. The van der Waals surface area contributed by atoms with Crippen LogP contribution in [0.15, 0.2) is 18.2 Å². The van der Waals surface area contributed by atoms with Crippen LogP contribution < -0.4 is 4.74 Å². The largest absolute Gasteiger partial charge is 0.504 e. The Kier molecular flexibility index (Phi) is 4.28. The van der Waals surface area contributed by atoms with Crippen LogP contribution in [0.4, 0.5) is 0 Å². The van der Waals surface area contributed by atoms with Gasteiger partial charge in [0.05, 0.1) is 7.11 Å². The second kappa shape index (κ2) is 5.65. The second-order valence-electron chi connectivity index (χ2n) is 6.95. The molecule has 0 amide bonds. The minimum absolute atomic E-state index is 0.206.